The first-order valence-electron chi connectivity index (χ1n) is 6.25. The Bertz CT molecular complexity index is 603. The van der Waals surface area contributed by atoms with Crippen LogP contribution in [0.2, 0.25) is 0 Å². The number of esters is 1. The Morgan fingerprint density at radius 2 is 2.13 bits per heavy atom. The molecule has 2 radical (unpaired) electrons. The van der Waals surface area contributed by atoms with Crippen molar-refractivity contribution in [3.8, 4) is 0 Å². The number of nitro groups is 1. The van der Waals surface area contributed by atoms with Gasteiger partial charge >= 0.3 is 17.8 Å². The fourth-order valence-corrected chi connectivity index (χ4v) is 1.78. The second-order valence-electron chi connectivity index (χ2n) is 4.47. The minimum atomic E-state index is -2.09. The molecule has 0 spiro atoms. The van der Waals surface area contributed by atoms with Gasteiger partial charge in [-0.1, -0.05) is 5.22 Å². The minimum absolute atomic E-state index is 0.0993. The normalized spacial score (nSPS) is 27.2. The van der Waals surface area contributed by atoms with Crippen LogP contribution < -0.4 is 0 Å². The Hall–Kier alpha value is -2.76. The molecule has 2 heterocycles. The Balaban J connectivity index is 2.02. The summed E-state index contributed by atoms with van der Waals surface area (Å²) in [6.07, 6.45) is 1.10. The quantitative estimate of drug-likeness (QED) is 0.201. The maximum Gasteiger partial charge on any atom is 0.478 e. The molecule has 0 aromatic rings. The molecule has 3 unspecified atom stereocenters. The van der Waals surface area contributed by atoms with Crippen molar-refractivity contribution in [1.82, 2.24) is 5.01 Å². The largest absolute Gasteiger partial charge is 0.478 e. The first-order valence-corrected chi connectivity index (χ1v) is 6.25. The summed E-state index contributed by atoms with van der Waals surface area (Å²) in [5, 5.41) is 17.4. The van der Waals surface area contributed by atoms with E-state index in [1.54, 1.807) is 0 Å². The van der Waals surface area contributed by atoms with Gasteiger partial charge in [0.05, 0.1) is 6.10 Å². The molecule has 2 rings (SSSR count). The lowest BCUT2D eigenvalue weighted by Crippen LogP contribution is -2.50. The highest BCUT2D eigenvalue weighted by molar-refractivity contribution is 6.42. The molecule has 3 atom stereocenters. The number of carbonyl (C=O) groups is 4. The van der Waals surface area contributed by atoms with Crippen molar-refractivity contribution in [3.63, 3.8) is 0 Å². The SMILES string of the molecule is CC(=O)OCC1[CH][CH]C(N2N=NC(C(=O)[N+](=O)[O-])C(=O)C2=O)O1. The molecule has 12 heteroatoms. The number of amides is 2. The Morgan fingerprint density at radius 1 is 1.43 bits per heavy atom. The average molecular weight is 326 g/mol. The zero-order chi connectivity index (χ0) is 17.1. The number of rotatable bonds is 4. The van der Waals surface area contributed by atoms with E-state index in [0.29, 0.717) is 5.01 Å². The molecule has 0 bridgehead atoms. The van der Waals surface area contributed by atoms with Gasteiger partial charge in [0.15, 0.2) is 6.23 Å². The standard InChI is InChI=1S/C11H10N4O8/c1-5(16)22-4-6-2-3-7(23-6)14-11(19)9(17)8(12-13-14)10(18)15(20)21/h2-3,6-8H,4H2,1H3. The Kier molecular flexibility index (Phi) is 4.74. The lowest BCUT2D eigenvalue weighted by atomic mass is 10.1. The molecule has 0 aromatic heterocycles. The Morgan fingerprint density at radius 3 is 2.74 bits per heavy atom. The summed E-state index contributed by atoms with van der Waals surface area (Å²) >= 11 is 0. The maximum atomic E-state index is 11.9. The van der Waals surface area contributed by atoms with Gasteiger partial charge in [0.2, 0.25) is 0 Å². The average Bonchev–Trinajstić information content (AvgIpc) is 2.95. The van der Waals surface area contributed by atoms with Crippen LogP contribution in [-0.2, 0) is 28.7 Å². The number of hydrogen-bond acceptors (Lipinski definition) is 10. The van der Waals surface area contributed by atoms with E-state index in [9.17, 15) is 29.3 Å². The van der Waals surface area contributed by atoms with E-state index in [0.717, 1.165) is 0 Å². The molecule has 1 saturated heterocycles. The van der Waals surface area contributed by atoms with Crippen molar-refractivity contribution in [1.29, 1.82) is 0 Å². The van der Waals surface area contributed by atoms with Gasteiger partial charge in [0, 0.05) is 19.8 Å². The van der Waals surface area contributed by atoms with Crippen LogP contribution in [0.15, 0.2) is 10.3 Å². The highest BCUT2D eigenvalue weighted by Crippen LogP contribution is 2.24. The highest BCUT2D eigenvalue weighted by Gasteiger charge is 2.47. The molecule has 2 aliphatic heterocycles. The summed E-state index contributed by atoms with van der Waals surface area (Å²) in [4.78, 5) is 54.5. The predicted octanol–water partition coefficient (Wildman–Crippen LogP) is -1.37. The van der Waals surface area contributed by atoms with Crippen molar-refractivity contribution >= 4 is 23.6 Å². The molecule has 2 amide bonds. The second kappa shape index (κ2) is 6.56. The van der Waals surface area contributed by atoms with Crippen molar-refractivity contribution in [2.45, 2.75) is 25.3 Å². The van der Waals surface area contributed by atoms with Crippen LogP contribution in [0.4, 0.5) is 0 Å². The van der Waals surface area contributed by atoms with Gasteiger partial charge in [-0.15, -0.1) is 5.11 Å². The Labute approximate surface area is 128 Å². The van der Waals surface area contributed by atoms with Crippen LogP contribution in [0.3, 0.4) is 0 Å². The van der Waals surface area contributed by atoms with Gasteiger partial charge in [-0.25, -0.2) is 4.79 Å². The summed E-state index contributed by atoms with van der Waals surface area (Å²) in [5.74, 6) is -4.89. The summed E-state index contributed by atoms with van der Waals surface area (Å²) < 4.78 is 10.0. The lowest BCUT2D eigenvalue weighted by molar-refractivity contribution is -0.402. The summed E-state index contributed by atoms with van der Waals surface area (Å²) in [6.45, 7) is 1.11. The molecule has 1 fully saturated rings. The van der Waals surface area contributed by atoms with Gasteiger partial charge in [0.1, 0.15) is 11.5 Å². The first-order chi connectivity index (χ1) is 10.8. The van der Waals surface area contributed by atoms with Crippen LogP contribution in [0.5, 0.6) is 0 Å². The fraction of sp³-hybridized carbons (Fsp3) is 0.455. The van der Waals surface area contributed by atoms with E-state index < -0.39 is 46.9 Å². The summed E-state index contributed by atoms with van der Waals surface area (Å²) in [6, 6.07) is -2.09. The zero-order valence-corrected chi connectivity index (χ0v) is 11.6. The first kappa shape index (κ1) is 16.6. The minimum Gasteiger partial charge on any atom is -0.463 e. The number of Topliss-reactive ketones (excluding diaryl/α,β-unsaturated/α-hetero) is 1. The molecule has 23 heavy (non-hydrogen) atoms. The van der Waals surface area contributed by atoms with Gasteiger partial charge in [-0.2, -0.15) is 5.01 Å². The van der Waals surface area contributed by atoms with Crippen molar-refractivity contribution in [2.75, 3.05) is 6.61 Å². The molecular weight excluding hydrogens is 316 g/mol. The van der Waals surface area contributed by atoms with Crippen LogP contribution in [-0.4, -0.2) is 58.5 Å². The molecular formula is C11H10N4O8. The fourth-order valence-electron chi connectivity index (χ4n) is 1.78. The van der Waals surface area contributed by atoms with E-state index >= 15 is 0 Å². The number of hydrogen-bond donors (Lipinski definition) is 0. The van der Waals surface area contributed by atoms with Crippen LogP contribution in [0.25, 0.3) is 0 Å². The molecule has 122 valence electrons. The van der Waals surface area contributed by atoms with Gasteiger partial charge in [-0.05, 0) is 0 Å². The number of nitrogens with zero attached hydrogens (tertiary/aromatic N) is 4. The highest BCUT2D eigenvalue weighted by atomic mass is 16.6. The van der Waals surface area contributed by atoms with E-state index in [1.807, 2.05) is 0 Å². The number of ether oxygens (including phenoxy) is 2. The third-order valence-electron chi connectivity index (χ3n) is 2.84. The van der Waals surface area contributed by atoms with Crippen molar-refractivity contribution in [2.24, 2.45) is 10.3 Å². The van der Waals surface area contributed by atoms with Gasteiger partial charge < -0.3 is 9.47 Å². The number of carbonyl (C=O) groups excluding carboxylic acids is 4. The third kappa shape index (κ3) is 3.53. The predicted molar refractivity (Wildman–Crippen MR) is 66.4 cm³/mol. The molecule has 12 nitrogen and oxygen atoms in total. The maximum absolute atomic E-state index is 11.9. The van der Waals surface area contributed by atoms with Gasteiger partial charge in [0.25, 0.3) is 11.8 Å². The van der Waals surface area contributed by atoms with Crippen molar-refractivity contribution < 1.29 is 33.6 Å². The second-order valence-corrected chi connectivity index (χ2v) is 4.47. The molecule has 0 saturated carbocycles. The lowest BCUT2D eigenvalue weighted by Gasteiger charge is -2.25. The van der Waals surface area contributed by atoms with E-state index in [4.69, 9.17) is 9.47 Å². The van der Waals surface area contributed by atoms with Crippen LogP contribution in [0.1, 0.15) is 6.92 Å². The molecule has 0 aliphatic carbocycles. The third-order valence-corrected chi connectivity index (χ3v) is 2.84. The van der Waals surface area contributed by atoms with E-state index in [-0.39, 0.29) is 6.61 Å². The molecule has 0 aromatic carbocycles. The zero-order valence-electron chi connectivity index (χ0n) is 11.6. The molecule has 2 aliphatic rings. The molecule has 0 N–H and O–H groups in total. The van der Waals surface area contributed by atoms with Crippen LogP contribution >= 0.6 is 0 Å². The summed E-state index contributed by atoms with van der Waals surface area (Å²) in [7, 11) is 0. The summed E-state index contributed by atoms with van der Waals surface area (Å²) in [5.41, 5.74) is 0. The number of ketones is 1. The smallest absolute Gasteiger partial charge is 0.463 e. The van der Waals surface area contributed by atoms with E-state index in [1.165, 1.54) is 19.8 Å². The van der Waals surface area contributed by atoms with Crippen molar-refractivity contribution in [3.05, 3.63) is 23.0 Å². The van der Waals surface area contributed by atoms with E-state index in [2.05, 4.69) is 10.3 Å². The van der Waals surface area contributed by atoms with Gasteiger partial charge in [-0.3, -0.25) is 24.5 Å². The van der Waals surface area contributed by atoms with Crippen LogP contribution in [0, 0.1) is 23.0 Å². The topological polar surface area (TPSA) is 158 Å². The monoisotopic (exact) mass is 326 g/mol.